The van der Waals surface area contributed by atoms with Crippen LogP contribution < -0.4 is 10.5 Å². The Morgan fingerprint density at radius 3 is 2.86 bits per heavy atom. The number of anilines is 1. The van der Waals surface area contributed by atoms with Crippen molar-refractivity contribution >= 4 is 26.8 Å². The van der Waals surface area contributed by atoms with Gasteiger partial charge in [0.15, 0.2) is 5.13 Å². The number of nitrogen functional groups attached to an aromatic ring is 1. The van der Waals surface area contributed by atoms with Crippen LogP contribution in [0, 0.1) is 0 Å². The first-order chi connectivity index (χ1) is 6.65. The predicted molar refractivity (Wildman–Crippen MR) is 57.6 cm³/mol. The zero-order valence-corrected chi connectivity index (χ0v) is 8.84. The molecule has 0 aliphatic rings. The number of aromatic nitrogens is 2. The van der Waals surface area contributed by atoms with Gasteiger partial charge in [0, 0.05) is 6.07 Å². The molecular formula is C9H11N3OS. The molecule has 0 saturated heterocycles. The van der Waals surface area contributed by atoms with Crippen LogP contribution in [0.3, 0.4) is 0 Å². The fourth-order valence-corrected chi connectivity index (χ4v) is 1.82. The normalized spacial score (nSPS) is 11.1. The van der Waals surface area contributed by atoms with E-state index in [-0.39, 0.29) is 6.10 Å². The van der Waals surface area contributed by atoms with Crippen molar-refractivity contribution in [2.45, 2.75) is 20.0 Å². The van der Waals surface area contributed by atoms with Gasteiger partial charge in [0.1, 0.15) is 10.3 Å². The second-order valence-electron chi connectivity index (χ2n) is 3.19. The van der Waals surface area contributed by atoms with Crippen molar-refractivity contribution in [3.8, 4) is 5.88 Å². The standard InChI is InChI=1S/C9H11N3OS/c1-5(2)13-7-4-3-6-8(12-7)14-9(10)11-6/h3-5H,1-2H3,(H2,10,11). The molecule has 0 saturated carbocycles. The summed E-state index contributed by atoms with van der Waals surface area (Å²) in [4.78, 5) is 9.22. The smallest absolute Gasteiger partial charge is 0.214 e. The first-order valence-electron chi connectivity index (χ1n) is 4.35. The molecular weight excluding hydrogens is 198 g/mol. The number of thiazole rings is 1. The number of nitrogens with zero attached hydrogens (tertiary/aromatic N) is 2. The lowest BCUT2D eigenvalue weighted by molar-refractivity contribution is 0.233. The molecule has 0 spiro atoms. The Balaban J connectivity index is 2.40. The van der Waals surface area contributed by atoms with Crippen LogP contribution in [0.1, 0.15) is 13.8 Å². The number of hydrogen-bond donors (Lipinski definition) is 1. The lowest BCUT2D eigenvalue weighted by atomic mass is 10.4. The SMILES string of the molecule is CC(C)Oc1ccc2nc(N)sc2n1. The number of ether oxygens (including phenoxy) is 1. The number of hydrogen-bond acceptors (Lipinski definition) is 5. The summed E-state index contributed by atoms with van der Waals surface area (Å²) in [7, 11) is 0. The molecule has 74 valence electrons. The van der Waals surface area contributed by atoms with Gasteiger partial charge >= 0.3 is 0 Å². The van der Waals surface area contributed by atoms with E-state index in [1.165, 1.54) is 11.3 Å². The molecule has 0 atom stereocenters. The van der Waals surface area contributed by atoms with Gasteiger partial charge in [0.05, 0.1) is 6.10 Å². The maximum absolute atomic E-state index is 5.57. The summed E-state index contributed by atoms with van der Waals surface area (Å²) in [5, 5.41) is 0.536. The Hall–Kier alpha value is -1.36. The number of rotatable bonds is 2. The van der Waals surface area contributed by atoms with Crippen LogP contribution in [0.4, 0.5) is 5.13 Å². The summed E-state index contributed by atoms with van der Waals surface area (Å²) in [6.07, 6.45) is 0.130. The van der Waals surface area contributed by atoms with E-state index in [1.54, 1.807) is 0 Å². The molecule has 14 heavy (non-hydrogen) atoms. The van der Waals surface area contributed by atoms with E-state index in [1.807, 2.05) is 26.0 Å². The number of nitrogens with two attached hydrogens (primary N) is 1. The minimum atomic E-state index is 0.130. The van der Waals surface area contributed by atoms with E-state index in [9.17, 15) is 0 Å². The van der Waals surface area contributed by atoms with Crippen molar-refractivity contribution in [2.75, 3.05) is 5.73 Å². The second-order valence-corrected chi connectivity index (χ2v) is 4.20. The van der Waals surface area contributed by atoms with Gasteiger partial charge in [-0.05, 0) is 19.9 Å². The van der Waals surface area contributed by atoms with Gasteiger partial charge in [0.2, 0.25) is 5.88 Å². The second kappa shape index (κ2) is 3.42. The van der Waals surface area contributed by atoms with Gasteiger partial charge in [-0.25, -0.2) is 9.97 Å². The summed E-state index contributed by atoms with van der Waals surface area (Å²) < 4.78 is 5.46. The highest BCUT2D eigenvalue weighted by molar-refractivity contribution is 7.21. The van der Waals surface area contributed by atoms with Crippen molar-refractivity contribution in [3.63, 3.8) is 0 Å². The minimum Gasteiger partial charge on any atom is -0.475 e. The quantitative estimate of drug-likeness (QED) is 0.822. The van der Waals surface area contributed by atoms with Crippen molar-refractivity contribution < 1.29 is 4.74 Å². The highest BCUT2D eigenvalue weighted by Crippen LogP contribution is 2.24. The molecule has 2 rings (SSSR count). The lowest BCUT2D eigenvalue weighted by Crippen LogP contribution is -2.06. The van der Waals surface area contributed by atoms with E-state index in [4.69, 9.17) is 10.5 Å². The van der Waals surface area contributed by atoms with Gasteiger partial charge in [-0.15, -0.1) is 0 Å². The third kappa shape index (κ3) is 1.77. The maximum Gasteiger partial charge on any atom is 0.214 e. The van der Waals surface area contributed by atoms with E-state index in [0.29, 0.717) is 11.0 Å². The molecule has 0 amide bonds. The van der Waals surface area contributed by atoms with Gasteiger partial charge in [-0.2, -0.15) is 0 Å². The zero-order chi connectivity index (χ0) is 10.1. The average molecular weight is 209 g/mol. The highest BCUT2D eigenvalue weighted by Gasteiger charge is 2.05. The van der Waals surface area contributed by atoms with Crippen molar-refractivity contribution in [1.29, 1.82) is 0 Å². The molecule has 0 aromatic carbocycles. The Bertz CT molecular complexity index is 452. The minimum absolute atomic E-state index is 0.130. The molecule has 4 nitrogen and oxygen atoms in total. The first-order valence-corrected chi connectivity index (χ1v) is 5.16. The number of fused-ring (bicyclic) bond motifs is 1. The van der Waals surface area contributed by atoms with Crippen LogP contribution in [0.2, 0.25) is 0 Å². The third-order valence-electron chi connectivity index (χ3n) is 1.60. The Morgan fingerprint density at radius 2 is 2.14 bits per heavy atom. The fraction of sp³-hybridized carbons (Fsp3) is 0.333. The Kier molecular flexibility index (Phi) is 2.25. The molecule has 0 fully saturated rings. The van der Waals surface area contributed by atoms with E-state index < -0.39 is 0 Å². The molecule has 2 aromatic heterocycles. The van der Waals surface area contributed by atoms with E-state index in [0.717, 1.165) is 10.3 Å². The van der Waals surface area contributed by atoms with Gasteiger partial charge in [0.25, 0.3) is 0 Å². The number of pyridine rings is 1. The van der Waals surface area contributed by atoms with E-state index in [2.05, 4.69) is 9.97 Å². The average Bonchev–Trinajstić information content (AvgIpc) is 2.42. The van der Waals surface area contributed by atoms with Gasteiger partial charge in [-0.1, -0.05) is 11.3 Å². The van der Waals surface area contributed by atoms with Crippen LogP contribution in [0.5, 0.6) is 5.88 Å². The third-order valence-corrected chi connectivity index (χ3v) is 2.40. The predicted octanol–water partition coefficient (Wildman–Crippen LogP) is 2.06. The topological polar surface area (TPSA) is 61.0 Å². The largest absolute Gasteiger partial charge is 0.475 e. The molecule has 0 aliphatic heterocycles. The van der Waals surface area contributed by atoms with Crippen LogP contribution in [-0.4, -0.2) is 16.1 Å². The highest BCUT2D eigenvalue weighted by atomic mass is 32.1. The summed E-state index contributed by atoms with van der Waals surface area (Å²) in [5.41, 5.74) is 6.39. The molecule has 2 N–H and O–H groups in total. The summed E-state index contributed by atoms with van der Waals surface area (Å²) >= 11 is 1.37. The molecule has 2 heterocycles. The molecule has 5 heteroatoms. The summed E-state index contributed by atoms with van der Waals surface area (Å²) in [5.74, 6) is 0.621. The Labute approximate surface area is 85.7 Å². The molecule has 0 aliphatic carbocycles. The maximum atomic E-state index is 5.57. The van der Waals surface area contributed by atoms with Crippen molar-refractivity contribution in [1.82, 2.24) is 9.97 Å². The molecule has 0 unspecified atom stereocenters. The van der Waals surface area contributed by atoms with Crippen LogP contribution in [-0.2, 0) is 0 Å². The summed E-state index contributed by atoms with van der Waals surface area (Å²) in [6, 6.07) is 3.68. The zero-order valence-electron chi connectivity index (χ0n) is 8.02. The van der Waals surface area contributed by atoms with Crippen LogP contribution in [0.15, 0.2) is 12.1 Å². The molecule has 0 bridgehead atoms. The van der Waals surface area contributed by atoms with Gasteiger partial charge in [-0.3, -0.25) is 0 Å². The fourth-order valence-electron chi connectivity index (χ4n) is 1.12. The van der Waals surface area contributed by atoms with Crippen molar-refractivity contribution in [2.24, 2.45) is 0 Å². The lowest BCUT2D eigenvalue weighted by Gasteiger charge is -2.07. The van der Waals surface area contributed by atoms with E-state index >= 15 is 0 Å². The molecule has 2 aromatic rings. The Morgan fingerprint density at radius 1 is 1.36 bits per heavy atom. The monoisotopic (exact) mass is 209 g/mol. The first kappa shape index (κ1) is 9.21. The summed E-state index contributed by atoms with van der Waals surface area (Å²) in [6.45, 7) is 3.93. The molecule has 0 radical (unpaired) electrons. The van der Waals surface area contributed by atoms with Crippen LogP contribution >= 0.6 is 11.3 Å². The van der Waals surface area contributed by atoms with Crippen molar-refractivity contribution in [3.05, 3.63) is 12.1 Å². The van der Waals surface area contributed by atoms with Crippen LogP contribution in [0.25, 0.3) is 10.3 Å². The van der Waals surface area contributed by atoms with Gasteiger partial charge < -0.3 is 10.5 Å².